The van der Waals surface area contributed by atoms with Gasteiger partial charge in [0.2, 0.25) is 0 Å². The Hall–Kier alpha value is -6.43. The molecule has 9 rings (SSSR count). The molecular weight excluding hydrogens is 944 g/mol. The number of aryl methyl sites for hydroxylation is 2. The van der Waals surface area contributed by atoms with Crippen molar-refractivity contribution in [3.8, 4) is 34.1 Å². The van der Waals surface area contributed by atoms with Gasteiger partial charge in [-0.2, -0.15) is 11.6 Å². The van der Waals surface area contributed by atoms with Crippen LogP contribution in [0.1, 0.15) is 51.3 Å². The maximum Gasteiger partial charge on any atom is 2.00 e. The second kappa shape index (κ2) is 17.5. The van der Waals surface area contributed by atoms with Crippen LogP contribution in [0.2, 0.25) is 0 Å². The molecule has 312 valence electrons. The number of aromatic nitrogens is 4. The number of anilines is 4. The Bertz CT molecular complexity index is 2980. The van der Waals surface area contributed by atoms with Crippen LogP contribution in [0.5, 0.6) is 11.5 Å². The maximum atomic E-state index is 6.77. The summed E-state index contributed by atoms with van der Waals surface area (Å²) in [5.74, 6) is 3.79. The van der Waals surface area contributed by atoms with Crippen LogP contribution < -0.4 is 14.5 Å². The van der Waals surface area contributed by atoms with Crippen LogP contribution in [-0.4, -0.2) is 32.4 Å². The van der Waals surface area contributed by atoms with Crippen molar-refractivity contribution in [2.75, 3.05) is 22.9 Å². The van der Waals surface area contributed by atoms with E-state index < -0.39 is 0 Å². The Morgan fingerprint density at radius 1 is 0.645 bits per heavy atom. The van der Waals surface area contributed by atoms with E-state index >= 15 is 0 Å². The summed E-state index contributed by atoms with van der Waals surface area (Å²) >= 11 is 0. The molecule has 0 spiro atoms. The molecule has 3 heterocycles. The average molecular weight is 994 g/mol. The fourth-order valence-electron chi connectivity index (χ4n) is 8.24. The van der Waals surface area contributed by atoms with E-state index in [4.69, 9.17) is 14.8 Å². The summed E-state index contributed by atoms with van der Waals surface area (Å²) in [5, 5.41) is 7.76. The standard InChI is InChI=1S/C54H50N6O.Pt/c1-8-57(41-18-12-10-13-19-41)52-51(39-26-24-37(3)25-27-39)53(58(9-2)42-20-14-11-15-21-42)60(56-52)43-32-38(4)33-45(35-43)61-44-28-29-47-46-22-16-17-23-48(46)59(49(47)36-44)50-34-40(30-31-55-50)54(5,6)7;/h10-34H,8-9H2,1-7H3;/q-2;+2. The molecule has 62 heavy (non-hydrogen) atoms. The monoisotopic (exact) mass is 993 g/mol. The molecule has 0 fully saturated rings. The first kappa shape index (κ1) is 42.3. The van der Waals surface area contributed by atoms with Crippen molar-refractivity contribution in [1.82, 2.24) is 19.3 Å². The van der Waals surface area contributed by atoms with Crippen LogP contribution in [0.25, 0.3) is 44.4 Å². The Morgan fingerprint density at radius 3 is 1.98 bits per heavy atom. The van der Waals surface area contributed by atoms with E-state index in [-0.39, 0.29) is 26.5 Å². The third-order valence-electron chi connectivity index (χ3n) is 11.3. The van der Waals surface area contributed by atoms with Gasteiger partial charge in [-0.1, -0.05) is 118 Å². The van der Waals surface area contributed by atoms with E-state index in [9.17, 15) is 0 Å². The van der Waals surface area contributed by atoms with E-state index in [2.05, 4.69) is 208 Å². The molecule has 0 atom stereocenters. The van der Waals surface area contributed by atoms with Crippen LogP contribution in [0.4, 0.5) is 23.0 Å². The van der Waals surface area contributed by atoms with Crippen molar-refractivity contribution in [1.29, 1.82) is 0 Å². The number of hydrogen-bond acceptors (Lipinski definition) is 5. The molecule has 0 bridgehead atoms. The predicted octanol–water partition coefficient (Wildman–Crippen LogP) is 13.7. The van der Waals surface area contributed by atoms with Crippen LogP contribution >= 0.6 is 0 Å². The second-order valence-corrected chi connectivity index (χ2v) is 16.6. The summed E-state index contributed by atoms with van der Waals surface area (Å²) in [6.07, 6.45) is 1.90. The maximum absolute atomic E-state index is 6.77. The Kier molecular flexibility index (Phi) is 11.9. The van der Waals surface area contributed by atoms with Gasteiger partial charge in [0, 0.05) is 47.7 Å². The SMILES string of the molecule is CCN(c1ccccc1)c1nn(-c2[c-]c(Oc3[c-]c4c(cc3)c3ccccc3n4-c3cc(C(C)(C)C)ccn3)cc(C)c2)c(N(CC)c2ccccc2)c1-c1ccc(C)cc1.[Pt+2]. The second-order valence-electron chi connectivity index (χ2n) is 16.6. The van der Waals surface area contributed by atoms with Crippen molar-refractivity contribution in [2.24, 2.45) is 0 Å². The van der Waals surface area contributed by atoms with E-state index in [0.29, 0.717) is 24.6 Å². The first-order valence-electron chi connectivity index (χ1n) is 21.1. The summed E-state index contributed by atoms with van der Waals surface area (Å²) in [7, 11) is 0. The van der Waals surface area contributed by atoms with Crippen molar-refractivity contribution < 1.29 is 25.8 Å². The topological polar surface area (TPSA) is 51.4 Å². The smallest absolute Gasteiger partial charge is 0.509 e. The largest absolute Gasteiger partial charge is 2.00 e. The van der Waals surface area contributed by atoms with E-state index in [1.807, 2.05) is 23.0 Å². The third-order valence-corrected chi connectivity index (χ3v) is 11.3. The minimum atomic E-state index is -0.0329. The number of ether oxygens (including phenoxy) is 1. The Labute approximate surface area is 379 Å². The molecule has 0 aliphatic rings. The summed E-state index contributed by atoms with van der Waals surface area (Å²) in [6.45, 7) is 16.7. The van der Waals surface area contributed by atoms with Gasteiger partial charge in [-0.3, -0.25) is 0 Å². The summed E-state index contributed by atoms with van der Waals surface area (Å²) < 4.78 is 11.0. The number of para-hydroxylation sites is 3. The molecule has 8 heteroatoms. The first-order valence-corrected chi connectivity index (χ1v) is 21.1. The van der Waals surface area contributed by atoms with Crippen LogP contribution in [0.3, 0.4) is 0 Å². The third kappa shape index (κ3) is 8.05. The molecule has 0 amide bonds. The fourth-order valence-corrected chi connectivity index (χ4v) is 8.24. The number of pyridine rings is 1. The molecule has 0 radical (unpaired) electrons. The minimum absolute atomic E-state index is 0. The van der Waals surface area contributed by atoms with Crippen molar-refractivity contribution in [2.45, 2.75) is 53.9 Å². The van der Waals surface area contributed by atoms with Gasteiger partial charge in [-0.25, -0.2) is 9.67 Å². The molecular formula is C54H50N6OPt. The van der Waals surface area contributed by atoms with Crippen LogP contribution in [-0.2, 0) is 26.5 Å². The van der Waals surface area contributed by atoms with Gasteiger partial charge in [-0.15, -0.1) is 40.8 Å². The summed E-state index contributed by atoms with van der Waals surface area (Å²) in [5.41, 5.74) is 10.4. The molecule has 9 aromatic rings. The quantitative estimate of drug-likeness (QED) is 0.121. The van der Waals surface area contributed by atoms with E-state index in [1.165, 1.54) is 11.1 Å². The van der Waals surface area contributed by atoms with Gasteiger partial charge in [0.15, 0.2) is 5.82 Å². The number of benzene rings is 6. The minimum Gasteiger partial charge on any atom is -0.509 e. The Balaban J connectivity index is 0.00000529. The van der Waals surface area contributed by atoms with Crippen molar-refractivity contribution >= 4 is 44.8 Å². The summed E-state index contributed by atoms with van der Waals surface area (Å²) in [4.78, 5) is 9.50. The molecule has 0 N–H and O–H groups in total. The molecule has 0 saturated carbocycles. The van der Waals surface area contributed by atoms with Gasteiger partial charge in [0.25, 0.3) is 0 Å². The molecule has 0 aliphatic carbocycles. The Morgan fingerprint density at radius 2 is 1.31 bits per heavy atom. The number of rotatable bonds is 11. The van der Waals surface area contributed by atoms with Crippen LogP contribution in [0, 0.1) is 26.0 Å². The zero-order valence-corrected chi connectivity index (χ0v) is 38.5. The zero-order chi connectivity index (χ0) is 42.3. The first-order chi connectivity index (χ1) is 29.6. The normalized spacial score (nSPS) is 11.5. The predicted molar refractivity (Wildman–Crippen MR) is 252 cm³/mol. The van der Waals surface area contributed by atoms with Gasteiger partial charge >= 0.3 is 21.1 Å². The van der Waals surface area contributed by atoms with E-state index in [1.54, 1.807) is 0 Å². The molecule has 0 aliphatic heterocycles. The average Bonchev–Trinajstić information content (AvgIpc) is 3.81. The fraction of sp³-hybridized carbons (Fsp3) is 0.185. The zero-order valence-electron chi connectivity index (χ0n) is 36.3. The van der Waals surface area contributed by atoms with Gasteiger partial charge in [0.1, 0.15) is 11.6 Å². The number of fused-ring (bicyclic) bond motifs is 3. The number of nitrogens with zero attached hydrogens (tertiary/aromatic N) is 6. The molecule has 0 saturated heterocycles. The molecule has 0 unspecified atom stereocenters. The van der Waals surface area contributed by atoms with Gasteiger partial charge in [-0.05, 0) is 90.9 Å². The molecule has 7 nitrogen and oxygen atoms in total. The van der Waals surface area contributed by atoms with Crippen molar-refractivity contribution in [3.63, 3.8) is 0 Å². The van der Waals surface area contributed by atoms with Crippen molar-refractivity contribution in [3.05, 3.63) is 181 Å². The van der Waals surface area contributed by atoms with Crippen LogP contribution in [0.15, 0.2) is 152 Å². The van der Waals surface area contributed by atoms with E-state index in [0.717, 1.165) is 73.0 Å². The number of hydrogen-bond donors (Lipinski definition) is 0. The van der Waals surface area contributed by atoms with Gasteiger partial charge < -0.3 is 19.1 Å². The molecule has 3 aromatic heterocycles. The van der Waals surface area contributed by atoms with Gasteiger partial charge in [0.05, 0.1) is 5.56 Å². The summed E-state index contributed by atoms with van der Waals surface area (Å²) in [6, 6.07) is 58.1. The molecule has 6 aromatic carbocycles.